The van der Waals surface area contributed by atoms with Crippen LogP contribution in [-0.4, -0.2) is 16.9 Å². The van der Waals surface area contributed by atoms with Gasteiger partial charge in [0.15, 0.2) is 5.78 Å². The third kappa shape index (κ3) is 3.55. The van der Waals surface area contributed by atoms with E-state index < -0.39 is 5.97 Å². The van der Waals surface area contributed by atoms with Crippen molar-refractivity contribution in [2.45, 2.75) is 32.6 Å². The van der Waals surface area contributed by atoms with Gasteiger partial charge in [0.25, 0.3) is 0 Å². The van der Waals surface area contributed by atoms with Gasteiger partial charge in [-0.25, -0.2) is 4.79 Å². The number of hydrogen-bond acceptors (Lipinski definition) is 2. The molecule has 0 saturated carbocycles. The molecule has 1 rings (SSSR count). The average Bonchev–Trinajstić information content (AvgIpc) is 2.36. The molecule has 0 aliphatic carbocycles. The summed E-state index contributed by atoms with van der Waals surface area (Å²) < 4.78 is 0. The molecule has 1 aromatic rings. The van der Waals surface area contributed by atoms with Crippen LogP contribution in [0, 0.1) is 0 Å². The number of benzene rings is 1. The fourth-order valence-corrected chi connectivity index (χ4v) is 1.53. The van der Waals surface area contributed by atoms with Crippen LogP contribution in [0.3, 0.4) is 0 Å². The number of carbonyl (C=O) groups is 2. The number of carboxylic acids is 1. The number of ketones is 1. The van der Waals surface area contributed by atoms with Gasteiger partial charge >= 0.3 is 5.97 Å². The van der Waals surface area contributed by atoms with Crippen LogP contribution in [0.4, 0.5) is 0 Å². The summed E-state index contributed by atoms with van der Waals surface area (Å²) in [7, 11) is 0. The van der Waals surface area contributed by atoms with E-state index in [9.17, 15) is 9.59 Å². The molecule has 0 aliphatic rings. The Balaban J connectivity index is 2.90. The first-order valence-electron chi connectivity index (χ1n) is 5.92. The maximum absolute atomic E-state index is 11.6. The first kappa shape index (κ1) is 14.2. The van der Waals surface area contributed by atoms with Crippen molar-refractivity contribution in [3.05, 3.63) is 47.5 Å². The van der Waals surface area contributed by atoms with Gasteiger partial charge < -0.3 is 5.11 Å². The Hall–Kier alpha value is -1.90. The molecule has 3 heteroatoms. The molecule has 18 heavy (non-hydrogen) atoms. The normalized spacial score (nSPS) is 11.7. The third-order valence-electron chi connectivity index (χ3n) is 3.21. The zero-order valence-electron chi connectivity index (χ0n) is 10.9. The third-order valence-corrected chi connectivity index (χ3v) is 3.21. The highest BCUT2D eigenvalue weighted by Crippen LogP contribution is 2.26. The number of hydrogen-bond donors (Lipinski definition) is 1. The van der Waals surface area contributed by atoms with E-state index in [0.29, 0.717) is 5.56 Å². The van der Waals surface area contributed by atoms with Crippen molar-refractivity contribution in [3.8, 4) is 0 Å². The van der Waals surface area contributed by atoms with Crippen LogP contribution in [0.1, 0.15) is 43.1 Å². The summed E-state index contributed by atoms with van der Waals surface area (Å²) in [5.41, 5.74) is 1.75. The van der Waals surface area contributed by atoms with E-state index in [-0.39, 0.29) is 11.2 Å². The van der Waals surface area contributed by atoms with Gasteiger partial charge in [-0.2, -0.15) is 0 Å². The summed E-state index contributed by atoms with van der Waals surface area (Å²) in [5.74, 6) is -1.41. The first-order valence-corrected chi connectivity index (χ1v) is 5.92. The molecule has 0 spiro atoms. The smallest absolute Gasteiger partial charge is 0.328 e. The molecule has 0 aliphatic heterocycles. The van der Waals surface area contributed by atoms with E-state index in [1.54, 1.807) is 12.1 Å². The van der Waals surface area contributed by atoms with Crippen LogP contribution in [0.5, 0.6) is 0 Å². The van der Waals surface area contributed by atoms with E-state index in [0.717, 1.165) is 18.6 Å². The Bertz CT molecular complexity index is 467. The number of carboxylic acid groups (broad SMARTS) is 1. The van der Waals surface area contributed by atoms with Crippen LogP contribution in [0.15, 0.2) is 36.4 Å². The molecule has 1 aromatic carbocycles. The molecule has 0 atom stereocenters. The first-order chi connectivity index (χ1) is 8.36. The van der Waals surface area contributed by atoms with Crippen molar-refractivity contribution in [2.75, 3.05) is 0 Å². The fourth-order valence-electron chi connectivity index (χ4n) is 1.53. The lowest BCUT2D eigenvalue weighted by molar-refractivity contribution is -0.131. The zero-order valence-corrected chi connectivity index (χ0v) is 10.9. The van der Waals surface area contributed by atoms with Crippen LogP contribution in [-0.2, 0) is 10.2 Å². The summed E-state index contributed by atoms with van der Waals surface area (Å²) >= 11 is 0. The number of aliphatic carboxylic acids is 1. The molecule has 3 nitrogen and oxygen atoms in total. The molecule has 0 radical (unpaired) electrons. The van der Waals surface area contributed by atoms with E-state index in [4.69, 9.17) is 5.11 Å². The van der Waals surface area contributed by atoms with Gasteiger partial charge in [-0.05, 0) is 23.5 Å². The fraction of sp³-hybridized carbons (Fsp3) is 0.333. The van der Waals surface area contributed by atoms with E-state index in [1.165, 1.54) is 5.56 Å². The minimum atomic E-state index is -1.12. The molecular formula is C15H18O3. The topological polar surface area (TPSA) is 54.4 Å². The van der Waals surface area contributed by atoms with Gasteiger partial charge in [-0.3, -0.25) is 4.79 Å². The van der Waals surface area contributed by atoms with Crippen LogP contribution < -0.4 is 0 Å². The van der Waals surface area contributed by atoms with Gasteiger partial charge in [0.1, 0.15) is 0 Å². The quantitative estimate of drug-likeness (QED) is 0.641. The van der Waals surface area contributed by atoms with Crippen molar-refractivity contribution in [1.29, 1.82) is 0 Å². The van der Waals surface area contributed by atoms with Crippen LogP contribution >= 0.6 is 0 Å². The highest BCUT2D eigenvalue weighted by Gasteiger charge is 2.17. The second kappa shape index (κ2) is 5.63. The van der Waals surface area contributed by atoms with E-state index >= 15 is 0 Å². The van der Waals surface area contributed by atoms with Gasteiger partial charge in [-0.15, -0.1) is 0 Å². The van der Waals surface area contributed by atoms with Crippen molar-refractivity contribution in [1.82, 2.24) is 0 Å². The molecule has 1 N–H and O–H groups in total. The minimum absolute atomic E-state index is 0.0818. The molecule has 96 valence electrons. The van der Waals surface area contributed by atoms with Gasteiger partial charge in [0, 0.05) is 11.6 Å². The molecular weight excluding hydrogens is 228 g/mol. The highest BCUT2D eigenvalue weighted by atomic mass is 16.4. The predicted molar refractivity (Wildman–Crippen MR) is 70.9 cm³/mol. The standard InChI is InChI=1S/C15H18O3/c1-4-15(2,3)12-7-5-11(6-8-12)13(16)9-10-14(17)18/h5-10H,4H2,1-3H3,(H,17,18). The highest BCUT2D eigenvalue weighted by molar-refractivity contribution is 6.06. The lowest BCUT2D eigenvalue weighted by Gasteiger charge is -2.23. The molecule has 0 unspecified atom stereocenters. The van der Waals surface area contributed by atoms with Crippen LogP contribution in [0.25, 0.3) is 0 Å². The largest absolute Gasteiger partial charge is 0.478 e. The Kier molecular flexibility index (Phi) is 4.43. The Labute approximate surface area is 107 Å². The van der Waals surface area contributed by atoms with Gasteiger partial charge in [0.05, 0.1) is 0 Å². The monoisotopic (exact) mass is 246 g/mol. The molecule has 0 amide bonds. The zero-order chi connectivity index (χ0) is 13.8. The maximum atomic E-state index is 11.6. The SMILES string of the molecule is CCC(C)(C)c1ccc(C(=O)C=CC(=O)O)cc1. The summed E-state index contributed by atoms with van der Waals surface area (Å²) in [5, 5.41) is 8.45. The van der Waals surface area contributed by atoms with Crippen molar-refractivity contribution >= 4 is 11.8 Å². The van der Waals surface area contributed by atoms with Crippen molar-refractivity contribution < 1.29 is 14.7 Å². The molecule has 0 bridgehead atoms. The number of rotatable bonds is 5. The Morgan fingerprint density at radius 1 is 1.17 bits per heavy atom. The second-order valence-corrected chi connectivity index (χ2v) is 4.85. The minimum Gasteiger partial charge on any atom is -0.478 e. The lowest BCUT2D eigenvalue weighted by Crippen LogP contribution is -2.15. The molecule has 0 fully saturated rings. The Morgan fingerprint density at radius 2 is 1.72 bits per heavy atom. The van der Waals surface area contributed by atoms with E-state index in [1.807, 2.05) is 12.1 Å². The lowest BCUT2D eigenvalue weighted by atomic mass is 9.82. The summed E-state index contributed by atoms with van der Waals surface area (Å²) in [6.07, 6.45) is 2.94. The Morgan fingerprint density at radius 3 is 2.17 bits per heavy atom. The molecule has 0 saturated heterocycles. The van der Waals surface area contributed by atoms with E-state index in [2.05, 4.69) is 20.8 Å². The molecule has 0 aromatic heterocycles. The summed E-state index contributed by atoms with van der Waals surface area (Å²) in [6.45, 7) is 6.41. The summed E-state index contributed by atoms with van der Waals surface area (Å²) in [4.78, 5) is 21.9. The average molecular weight is 246 g/mol. The molecule has 0 heterocycles. The van der Waals surface area contributed by atoms with Crippen molar-refractivity contribution in [2.24, 2.45) is 0 Å². The van der Waals surface area contributed by atoms with Gasteiger partial charge in [0.2, 0.25) is 0 Å². The van der Waals surface area contributed by atoms with Crippen LogP contribution in [0.2, 0.25) is 0 Å². The predicted octanol–water partition coefficient (Wildman–Crippen LogP) is 3.20. The number of allylic oxidation sites excluding steroid dienone is 1. The second-order valence-electron chi connectivity index (χ2n) is 4.85. The summed E-state index contributed by atoms with van der Waals surface area (Å²) in [6, 6.07) is 7.32. The maximum Gasteiger partial charge on any atom is 0.328 e. The van der Waals surface area contributed by atoms with Crippen molar-refractivity contribution in [3.63, 3.8) is 0 Å². The number of carbonyl (C=O) groups excluding carboxylic acids is 1. The van der Waals surface area contributed by atoms with Gasteiger partial charge in [-0.1, -0.05) is 45.0 Å².